The van der Waals surface area contributed by atoms with Crippen LogP contribution in [0.15, 0.2) is 64.0 Å². The van der Waals surface area contributed by atoms with Gasteiger partial charge in [0.15, 0.2) is 5.71 Å². The van der Waals surface area contributed by atoms with Crippen molar-refractivity contribution in [3.63, 3.8) is 0 Å². The first-order valence-corrected chi connectivity index (χ1v) is 8.97. The van der Waals surface area contributed by atoms with Gasteiger partial charge in [-0.25, -0.2) is 4.39 Å². The Kier molecular flexibility index (Phi) is 8.49. The molecule has 0 heterocycles. The predicted octanol–water partition coefficient (Wildman–Crippen LogP) is 2.87. The zero-order valence-electron chi connectivity index (χ0n) is 17.2. The second-order valence-electron chi connectivity index (χ2n) is 5.94. The van der Waals surface area contributed by atoms with Crippen LogP contribution in [0.3, 0.4) is 0 Å². The molecule has 8 nitrogen and oxygen atoms in total. The molecule has 0 saturated heterocycles. The Labute approximate surface area is 174 Å². The summed E-state index contributed by atoms with van der Waals surface area (Å²) in [6.45, 7) is 1.76. The quantitative estimate of drug-likeness (QED) is 0.504. The van der Waals surface area contributed by atoms with Gasteiger partial charge in [0, 0.05) is 23.7 Å². The van der Waals surface area contributed by atoms with Gasteiger partial charge < -0.3 is 19.8 Å². The van der Waals surface area contributed by atoms with Gasteiger partial charge in [0.25, 0.3) is 5.91 Å². The van der Waals surface area contributed by atoms with Gasteiger partial charge in [-0.1, -0.05) is 39.7 Å². The van der Waals surface area contributed by atoms with Gasteiger partial charge >= 0.3 is 0 Å². The Bertz CT molecular complexity index is 956. The van der Waals surface area contributed by atoms with E-state index in [1.807, 2.05) is 6.07 Å². The summed E-state index contributed by atoms with van der Waals surface area (Å²) in [6, 6.07) is 12.9. The molecule has 158 valence electrons. The highest BCUT2D eigenvalue weighted by atomic mass is 19.1. The summed E-state index contributed by atoms with van der Waals surface area (Å²) >= 11 is 0. The van der Waals surface area contributed by atoms with Gasteiger partial charge in [-0.05, 0) is 31.2 Å². The van der Waals surface area contributed by atoms with E-state index in [0.717, 1.165) is 0 Å². The van der Waals surface area contributed by atoms with E-state index in [-0.39, 0.29) is 18.1 Å². The van der Waals surface area contributed by atoms with Crippen LogP contribution in [-0.4, -0.2) is 44.3 Å². The molecule has 0 aliphatic rings. The maximum Gasteiger partial charge on any atom is 0.273 e. The lowest BCUT2D eigenvalue weighted by atomic mass is 10.0. The number of rotatable bonds is 9. The van der Waals surface area contributed by atoms with Crippen molar-refractivity contribution in [2.45, 2.75) is 13.5 Å². The van der Waals surface area contributed by atoms with Crippen LogP contribution in [0.4, 0.5) is 4.39 Å². The topological polar surface area (TPSA) is 93.9 Å². The van der Waals surface area contributed by atoms with Crippen LogP contribution >= 0.6 is 0 Å². The van der Waals surface area contributed by atoms with Gasteiger partial charge in [-0.2, -0.15) is 0 Å². The molecule has 0 fully saturated rings. The zero-order valence-corrected chi connectivity index (χ0v) is 17.2. The summed E-state index contributed by atoms with van der Waals surface area (Å²) in [7, 11) is 4.28. The Morgan fingerprint density at radius 3 is 2.23 bits per heavy atom. The minimum absolute atomic E-state index is 0.0664. The zero-order chi connectivity index (χ0) is 21.9. The molecule has 0 bridgehead atoms. The first-order chi connectivity index (χ1) is 14.5. The minimum atomic E-state index is -0.394. The standard InChI is InChI=1S/C21H23FN4O4/c1-14(19(25-28-3)15-9-11-17(22)12-10-15)24-30-13-16-7-5-6-8-18(16)20(26-29-4)21(27)23-2/h5-12H,13H2,1-4H3,(H,23,27). The Balaban J connectivity index is 2.23. The molecular formula is C21H23FN4O4. The Morgan fingerprint density at radius 2 is 1.60 bits per heavy atom. The number of amides is 1. The molecule has 1 N–H and O–H groups in total. The number of carbonyl (C=O) groups is 1. The van der Waals surface area contributed by atoms with Crippen molar-refractivity contribution in [1.29, 1.82) is 0 Å². The molecule has 30 heavy (non-hydrogen) atoms. The third-order valence-corrected chi connectivity index (χ3v) is 3.96. The molecule has 0 aliphatic carbocycles. The van der Waals surface area contributed by atoms with Crippen molar-refractivity contribution in [2.24, 2.45) is 15.5 Å². The number of oxime groups is 3. The first-order valence-electron chi connectivity index (χ1n) is 8.97. The van der Waals surface area contributed by atoms with Crippen molar-refractivity contribution in [1.82, 2.24) is 5.32 Å². The van der Waals surface area contributed by atoms with E-state index < -0.39 is 5.91 Å². The van der Waals surface area contributed by atoms with E-state index in [1.54, 1.807) is 37.3 Å². The fourth-order valence-electron chi connectivity index (χ4n) is 2.57. The van der Waals surface area contributed by atoms with Gasteiger partial charge in [0.2, 0.25) is 0 Å². The van der Waals surface area contributed by atoms with E-state index in [1.165, 1.54) is 33.4 Å². The molecule has 0 radical (unpaired) electrons. The van der Waals surface area contributed by atoms with Crippen molar-refractivity contribution in [3.05, 3.63) is 71.0 Å². The van der Waals surface area contributed by atoms with Crippen LogP contribution < -0.4 is 5.32 Å². The summed E-state index contributed by atoms with van der Waals surface area (Å²) in [5.41, 5.74) is 2.80. The lowest BCUT2D eigenvalue weighted by Gasteiger charge is -2.10. The molecule has 0 spiro atoms. The molecule has 0 atom stereocenters. The number of nitrogens with zero attached hydrogens (tertiary/aromatic N) is 3. The van der Waals surface area contributed by atoms with Crippen LogP contribution in [-0.2, 0) is 25.9 Å². The number of nitrogens with one attached hydrogen (secondary N) is 1. The smallest absolute Gasteiger partial charge is 0.273 e. The van der Waals surface area contributed by atoms with E-state index in [0.29, 0.717) is 28.1 Å². The van der Waals surface area contributed by atoms with Crippen molar-refractivity contribution in [3.8, 4) is 0 Å². The number of hydrogen-bond donors (Lipinski definition) is 1. The average molecular weight is 414 g/mol. The van der Waals surface area contributed by atoms with Crippen molar-refractivity contribution in [2.75, 3.05) is 21.3 Å². The van der Waals surface area contributed by atoms with Crippen LogP contribution in [0.5, 0.6) is 0 Å². The summed E-state index contributed by atoms with van der Waals surface area (Å²) in [5.74, 6) is -0.752. The largest absolute Gasteiger partial charge is 0.399 e. The lowest BCUT2D eigenvalue weighted by Crippen LogP contribution is -2.29. The maximum absolute atomic E-state index is 13.2. The van der Waals surface area contributed by atoms with Crippen LogP contribution in [0, 0.1) is 5.82 Å². The monoisotopic (exact) mass is 414 g/mol. The van der Waals surface area contributed by atoms with Gasteiger partial charge in [0.05, 0.1) is 0 Å². The highest BCUT2D eigenvalue weighted by Crippen LogP contribution is 2.13. The molecule has 9 heteroatoms. The first kappa shape index (κ1) is 22.5. The van der Waals surface area contributed by atoms with Crippen molar-refractivity contribution >= 4 is 23.0 Å². The highest BCUT2D eigenvalue weighted by molar-refractivity contribution is 6.47. The number of benzene rings is 2. The van der Waals surface area contributed by atoms with Crippen LogP contribution in [0.1, 0.15) is 23.6 Å². The SMILES string of the molecule is CNC(=O)C(=NOC)c1ccccc1CON=C(C)C(=NOC)c1ccc(F)cc1. The maximum atomic E-state index is 13.2. The molecule has 0 unspecified atom stereocenters. The average Bonchev–Trinajstić information content (AvgIpc) is 2.76. The molecule has 1 amide bonds. The molecular weight excluding hydrogens is 391 g/mol. The summed E-state index contributed by atoms with van der Waals surface area (Å²) in [4.78, 5) is 27.3. The molecule has 2 aromatic rings. The molecule has 2 aromatic carbocycles. The van der Waals surface area contributed by atoms with Crippen LogP contribution in [0.25, 0.3) is 0 Å². The highest BCUT2D eigenvalue weighted by Gasteiger charge is 2.17. The number of likely N-dealkylation sites (N-methyl/N-ethyl adjacent to an activating group) is 1. The fraction of sp³-hybridized carbons (Fsp3) is 0.238. The second kappa shape index (κ2) is 11.3. The molecule has 0 saturated carbocycles. The minimum Gasteiger partial charge on any atom is -0.399 e. The Morgan fingerprint density at radius 1 is 0.967 bits per heavy atom. The van der Waals surface area contributed by atoms with Gasteiger partial charge in [-0.3, -0.25) is 4.79 Å². The van der Waals surface area contributed by atoms with Crippen LogP contribution in [0.2, 0.25) is 0 Å². The van der Waals surface area contributed by atoms with E-state index >= 15 is 0 Å². The fourth-order valence-corrected chi connectivity index (χ4v) is 2.57. The third-order valence-electron chi connectivity index (χ3n) is 3.96. The molecule has 0 aliphatic heterocycles. The number of halogens is 1. The predicted molar refractivity (Wildman–Crippen MR) is 112 cm³/mol. The number of carbonyl (C=O) groups excluding carboxylic acids is 1. The summed E-state index contributed by atoms with van der Waals surface area (Å²) in [6.07, 6.45) is 0. The summed E-state index contributed by atoms with van der Waals surface area (Å²) in [5, 5.41) is 14.4. The van der Waals surface area contributed by atoms with E-state index in [2.05, 4.69) is 20.8 Å². The third kappa shape index (κ3) is 5.87. The lowest BCUT2D eigenvalue weighted by molar-refractivity contribution is -0.114. The molecule has 2 rings (SSSR count). The van der Waals surface area contributed by atoms with E-state index in [4.69, 9.17) is 14.5 Å². The van der Waals surface area contributed by atoms with Gasteiger partial charge in [-0.15, -0.1) is 0 Å². The van der Waals surface area contributed by atoms with E-state index in [9.17, 15) is 9.18 Å². The molecule has 0 aromatic heterocycles. The van der Waals surface area contributed by atoms with Gasteiger partial charge in [0.1, 0.15) is 38.1 Å². The summed E-state index contributed by atoms with van der Waals surface area (Å²) < 4.78 is 13.2. The number of hydrogen-bond acceptors (Lipinski definition) is 7. The second-order valence-corrected chi connectivity index (χ2v) is 5.94. The Hall–Kier alpha value is -3.75. The normalized spacial score (nSPS) is 12.4. The van der Waals surface area contributed by atoms with Crippen molar-refractivity contribution < 1.29 is 23.7 Å².